The van der Waals surface area contributed by atoms with Gasteiger partial charge >= 0.3 is 5.97 Å². The number of carboxylic acid groups (broad SMARTS) is 1. The average Bonchev–Trinajstić information content (AvgIpc) is 2.90. The van der Waals surface area contributed by atoms with E-state index in [2.05, 4.69) is 5.32 Å². The van der Waals surface area contributed by atoms with Gasteiger partial charge in [0.25, 0.3) is 0 Å². The normalized spacial score (nSPS) is 11.8. The molecule has 0 heterocycles. The van der Waals surface area contributed by atoms with E-state index >= 15 is 0 Å². The summed E-state index contributed by atoms with van der Waals surface area (Å²) < 4.78 is 0. The van der Waals surface area contributed by atoms with E-state index in [0.29, 0.717) is 0 Å². The Morgan fingerprint density at radius 1 is 0.629 bits per heavy atom. The number of rotatable bonds is 10. The molecule has 5 heteroatoms. The molecule has 0 bridgehead atoms. The minimum atomic E-state index is -1.05. The van der Waals surface area contributed by atoms with E-state index in [4.69, 9.17) is 0 Å². The molecule has 4 nitrogen and oxygen atoms in total. The SMILES string of the molecule is O=C(O)C(CSC(c1ccccc1)c1ccccc1)NC(=O)C(c1ccccc1)c1ccccc1. The van der Waals surface area contributed by atoms with Gasteiger partial charge in [0.2, 0.25) is 5.91 Å². The lowest BCUT2D eigenvalue weighted by Gasteiger charge is -2.23. The topological polar surface area (TPSA) is 66.4 Å². The number of nitrogens with one attached hydrogen (secondary N) is 1. The van der Waals surface area contributed by atoms with Gasteiger partial charge < -0.3 is 10.4 Å². The second-order valence-corrected chi connectivity index (χ2v) is 9.33. The van der Waals surface area contributed by atoms with Gasteiger partial charge in [-0.25, -0.2) is 4.79 Å². The van der Waals surface area contributed by atoms with Crippen molar-refractivity contribution in [3.05, 3.63) is 144 Å². The summed E-state index contributed by atoms with van der Waals surface area (Å²) in [6.07, 6.45) is 0. The molecule has 0 saturated heterocycles. The minimum absolute atomic E-state index is 0.0461. The molecular formula is C30H27NO3S. The molecule has 1 atom stereocenters. The van der Waals surface area contributed by atoms with E-state index in [1.54, 1.807) is 0 Å². The van der Waals surface area contributed by atoms with Crippen LogP contribution in [0.4, 0.5) is 0 Å². The Morgan fingerprint density at radius 3 is 1.37 bits per heavy atom. The van der Waals surface area contributed by atoms with E-state index in [1.165, 1.54) is 11.8 Å². The fraction of sp³-hybridized carbons (Fsp3) is 0.133. The van der Waals surface area contributed by atoms with Crippen LogP contribution in [0.25, 0.3) is 0 Å². The molecule has 35 heavy (non-hydrogen) atoms. The van der Waals surface area contributed by atoms with Crippen LogP contribution in [0.1, 0.15) is 33.4 Å². The van der Waals surface area contributed by atoms with Gasteiger partial charge in [-0.2, -0.15) is 0 Å². The van der Waals surface area contributed by atoms with Gasteiger partial charge in [0.05, 0.1) is 11.2 Å². The molecule has 2 N–H and O–H groups in total. The van der Waals surface area contributed by atoms with Crippen LogP contribution in [0.15, 0.2) is 121 Å². The van der Waals surface area contributed by atoms with E-state index in [-0.39, 0.29) is 16.9 Å². The van der Waals surface area contributed by atoms with Crippen LogP contribution in [-0.2, 0) is 9.59 Å². The number of carboxylic acids is 1. The number of hydrogen-bond donors (Lipinski definition) is 2. The highest BCUT2D eigenvalue weighted by atomic mass is 32.2. The fourth-order valence-electron chi connectivity index (χ4n) is 4.05. The number of aliphatic carboxylic acids is 1. The molecule has 0 aliphatic heterocycles. The van der Waals surface area contributed by atoms with Crippen LogP contribution >= 0.6 is 11.8 Å². The van der Waals surface area contributed by atoms with Crippen LogP contribution in [-0.4, -0.2) is 28.8 Å². The lowest BCUT2D eigenvalue weighted by atomic mass is 9.90. The maximum absolute atomic E-state index is 13.5. The highest BCUT2D eigenvalue weighted by Crippen LogP contribution is 2.36. The van der Waals surface area contributed by atoms with Crippen LogP contribution in [0.5, 0.6) is 0 Å². The highest BCUT2D eigenvalue weighted by Gasteiger charge is 2.29. The van der Waals surface area contributed by atoms with Crippen molar-refractivity contribution < 1.29 is 14.7 Å². The smallest absolute Gasteiger partial charge is 0.327 e. The Hall–Kier alpha value is -3.83. The molecule has 0 aliphatic carbocycles. The standard InChI is InChI=1S/C30H27NO3S/c32-29(27(22-13-5-1-6-14-22)23-15-7-2-8-16-23)31-26(30(33)34)21-35-28(24-17-9-3-10-18-24)25-19-11-4-12-20-25/h1-20,26-28H,21H2,(H,31,32)(H,33,34). The van der Waals surface area contributed by atoms with Crippen molar-refractivity contribution in [3.63, 3.8) is 0 Å². The van der Waals surface area contributed by atoms with Crippen molar-refractivity contribution in [1.82, 2.24) is 5.32 Å². The van der Waals surface area contributed by atoms with Gasteiger partial charge in [-0.15, -0.1) is 11.8 Å². The van der Waals surface area contributed by atoms with E-state index in [9.17, 15) is 14.7 Å². The first kappa shape index (κ1) is 24.3. The van der Waals surface area contributed by atoms with Crippen LogP contribution in [0.3, 0.4) is 0 Å². The lowest BCUT2D eigenvalue weighted by Crippen LogP contribution is -2.45. The molecule has 0 fully saturated rings. The zero-order chi connectivity index (χ0) is 24.5. The molecule has 1 amide bonds. The zero-order valence-corrected chi connectivity index (χ0v) is 20.0. The molecule has 0 saturated carbocycles. The second-order valence-electron chi connectivity index (χ2n) is 8.19. The summed E-state index contributed by atoms with van der Waals surface area (Å²) in [7, 11) is 0. The molecule has 0 spiro atoms. The lowest BCUT2D eigenvalue weighted by molar-refractivity contribution is -0.141. The molecule has 4 aromatic rings. The van der Waals surface area contributed by atoms with Crippen LogP contribution < -0.4 is 5.32 Å². The van der Waals surface area contributed by atoms with Gasteiger partial charge in [0.15, 0.2) is 0 Å². The van der Waals surface area contributed by atoms with E-state index < -0.39 is 17.9 Å². The zero-order valence-electron chi connectivity index (χ0n) is 19.2. The third-order valence-electron chi connectivity index (χ3n) is 5.78. The number of amides is 1. The molecule has 176 valence electrons. The first-order chi connectivity index (χ1) is 17.1. The average molecular weight is 482 g/mol. The number of thioether (sulfide) groups is 1. The summed E-state index contributed by atoms with van der Waals surface area (Å²) in [6.45, 7) is 0. The predicted octanol–water partition coefficient (Wildman–Crippen LogP) is 5.91. The van der Waals surface area contributed by atoms with E-state index in [1.807, 2.05) is 121 Å². The molecule has 1 unspecified atom stereocenters. The van der Waals surface area contributed by atoms with Crippen molar-refractivity contribution in [2.75, 3.05) is 5.75 Å². The Balaban J connectivity index is 1.55. The second kappa shape index (κ2) is 12.0. The van der Waals surface area contributed by atoms with Crippen LogP contribution in [0, 0.1) is 0 Å². The summed E-state index contributed by atoms with van der Waals surface area (Å²) >= 11 is 1.51. The largest absolute Gasteiger partial charge is 0.480 e. The van der Waals surface area contributed by atoms with Crippen molar-refractivity contribution in [3.8, 4) is 0 Å². The molecule has 4 rings (SSSR count). The molecular weight excluding hydrogens is 454 g/mol. The number of hydrogen-bond acceptors (Lipinski definition) is 3. The summed E-state index contributed by atoms with van der Waals surface area (Å²) in [5, 5.41) is 12.7. The Kier molecular flexibility index (Phi) is 8.36. The molecule has 4 aromatic carbocycles. The van der Waals surface area contributed by atoms with Gasteiger partial charge in [0, 0.05) is 5.75 Å². The highest BCUT2D eigenvalue weighted by molar-refractivity contribution is 7.99. The summed E-state index contributed by atoms with van der Waals surface area (Å²) in [4.78, 5) is 25.6. The first-order valence-electron chi connectivity index (χ1n) is 11.5. The van der Waals surface area contributed by atoms with Gasteiger partial charge in [-0.05, 0) is 22.3 Å². The fourth-order valence-corrected chi connectivity index (χ4v) is 5.36. The van der Waals surface area contributed by atoms with E-state index in [0.717, 1.165) is 22.3 Å². The van der Waals surface area contributed by atoms with Crippen molar-refractivity contribution >= 4 is 23.6 Å². The number of carbonyl (C=O) groups excluding carboxylic acids is 1. The van der Waals surface area contributed by atoms with Crippen molar-refractivity contribution in [1.29, 1.82) is 0 Å². The summed E-state index contributed by atoms with van der Waals surface area (Å²) in [5.41, 5.74) is 3.81. The minimum Gasteiger partial charge on any atom is -0.480 e. The van der Waals surface area contributed by atoms with Crippen molar-refractivity contribution in [2.24, 2.45) is 0 Å². The third-order valence-corrected chi connectivity index (χ3v) is 7.18. The maximum Gasteiger partial charge on any atom is 0.327 e. The molecule has 0 aliphatic rings. The summed E-state index contributed by atoms with van der Waals surface area (Å²) in [6, 6.07) is 37.9. The Bertz CT molecular complexity index is 1140. The monoisotopic (exact) mass is 481 g/mol. The molecule has 0 radical (unpaired) electrons. The first-order valence-corrected chi connectivity index (χ1v) is 12.5. The molecule has 0 aromatic heterocycles. The van der Waals surface area contributed by atoms with Crippen molar-refractivity contribution in [2.45, 2.75) is 17.2 Å². The Labute approximate surface area is 210 Å². The van der Waals surface area contributed by atoms with Gasteiger partial charge in [-0.3, -0.25) is 4.79 Å². The quantitative estimate of drug-likeness (QED) is 0.295. The number of carbonyl (C=O) groups is 2. The Morgan fingerprint density at radius 2 is 1.00 bits per heavy atom. The number of benzene rings is 4. The van der Waals surface area contributed by atoms with Gasteiger partial charge in [-0.1, -0.05) is 121 Å². The van der Waals surface area contributed by atoms with Gasteiger partial charge in [0.1, 0.15) is 6.04 Å². The summed E-state index contributed by atoms with van der Waals surface area (Å²) in [5.74, 6) is -1.74. The maximum atomic E-state index is 13.5. The van der Waals surface area contributed by atoms with Crippen LogP contribution in [0.2, 0.25) is 0 Å². The predicted molar refractivity (Wildman–Crippen MR) is 141 cm³/mol. The third kappa shape index (κ3) is 6.40.